The number of amides is 1. The van der Waals surface area contributed by atoms with Gasteiger partial charge in [-0.3, -0.25) is 9.59 Å². The maximum absolute atomic E-state index is 12.0. The maximum atomic E-state index is 12.0. The zero-order chi connectivity index (χ0) is 17.4. The molecule has 0 bridgehead atoms. The zero-order valence-corrected chi connectivity index (χ0v) is 14.8. The van der Waals surface area contributed by atoms with Crippen molar-refractivity contribution in [1.82, 2.24) is 0 Å². The van der Waals surface area contributed by atoms with E-state index in [-0.39, 0.29) is 23.2 Å². The standard InChI is InChI=1S/C18H18ClNO3S/c1-2-23-17-6-4-3-5-15(17)20-18(22)12-24-11-16(21)13-7-9-14(19)10-8-13/h3-10H,2,11-12H2,1H3,(H,20,22). The maximum Gasteiger partial charge on any atom is 0.234 e. The molecule has 24 heavy (non-hydrogen) atoms. The van der Waals surface area contributed by atoms with Crippen LogP contribution < -0.4 is 10.1 Å². The summed E-state index contributed by atoms with van der Waals surface area (Å²) in [6.45, 7) is 2.41. The fourth-order valence-electron chi connectivity index (χ4n) is 1.99. The van der Waals surface area contributed by atoms with Gasteiger partial charge in [-0.25, -0.2) is 0 Å². The lowest BCUT2D eigenvalue weighted by Crippen LogP contribution is -2.16. The number of rotatable bonds is 8. The predicted octanol–water partition coefficient (Wildman–Crippen LogP) is 4.29. The third-order valence-electron chi connectivity index (χ3n) is 3.09. The minimum atomic E-state index is -0.170. The Morgan fingerprint density at radius 1 is 1.08 bits per heavy atom. The Balaban J connectivity index is 1.81. The number of ketones is 1. The van der Waals surface area contributed by atoms with Crippen molar-refractivity contribution in [3.8, 4) is 5.75 Å². The average molecular weight is 364 g/mol. The van der Waals surface area contributed by atoms with Crippen LogP contribution in [0.4, 0.5) is 5.69 Å². The molecular formula is C18H18ClNO3S. The molecule has 0 aliphatic rings. The normalized spacial score (nSPS) is 10.2. The Labute approximate surface area is 150 Å². The molecule has 4 nitrogen and oxygen atoms in total. The van der Waals surface area contributed by atoms with E-state index in [2.05, 4.69) is 5.32 Å². The first-order valence-electron chi connectivity index (χ1n) is 7.48. The van der Waals surface area contributed by atoms with Crippen LogP contribution in [0.25, 0.3) is 0 Å². The molecule has 0 aromatic heterocycles. The predicted molar refractivity (Wildman–Crippen MR) is 99.3 cm³/mol. The van der Waals surface area contributed by atoms with E-state index < -0.39 is 0 Å². The summed E-state index contributed by atoms with van der Waals surface area (Å²) in [5.74, 6) is 0.868. The number of nitrogens with one attached hydrogen (secondary N) is 1. The Kier molecular flexibility index (Phi) is 7.15. The summed E-state index contributed by atoms with van der Waals surface area (Å²) in [7, 11) is 0. The van der Waals surface area contributed by atoms with Gasteiger partial charge in [0.05, 0.1) is 23.8 Å². The van der Waals surface area contributed by atoms with Gasteiger partial charge in [-0.05, 0) is 43.3 Å². The Hall–Kier alpha value is -1.98. The van der Waals surface area contributed by atoms with Crippen molar-refractivity contribution in [2.45, 2.75) is 6.92 Å². The number of thioether (sulfide) groups is 1. The van der Waals surface area contributed by atoms with Crippen molar-refractivity contribution in [2.75, 3.05) is 23.4 Å². The highest BCUT2D eigenvalue weighted by atomic mass is 35.5. The van der Waals surface area contributed by atoms with E-state index >= 15 is 0 Å². The number of hydrogen-bond acceptors (Lipinski definition) is 4. The molecule has 2 rings (SSSR count). The number of carbonyl (C=O) groups excluding carboxylic acids is 2. The molecule has 2 aromatic rings. The van der Waals surface area contributed by atoms with E-state index in [1.165, 1.54) is 11.8 Å². The lowest BCUT2D eigenvalue weighted by molar-refractivity contribution is -0.113. The minimum Gasteiger partial charge on any atom is -0.492 e. The lowest BCUT2D eigenvalue weighted by atomic mass is 10.1. The van der Waals surface area contributed by atoms with Gasteiger partial charge in [-0.15, -0.1) is 11.8 Å². The molecule has 0 spiro atoms. The number of hydrogen-bond donors (Lipinski definition) is 1. The van der Waals surface area contributed by atoms with Crippen molar-refractivity contribution in [1.29, 1.82) is 0 Å². The van der Waals surface area contributed by atoms with Gasteiger partial charge in [-0.1, -0.05) is 23.7 Å². The number of carbonyl (C=O) groups is 2. The number of halogens is 1. The summed E-state index contributed by atoms with van der Waals surface area (Å²) in [5.41, 5.74) is 1.22. The van der Waals surface area contributed by atoms with E-state index in [1.807, 2.05) is 19.1 Å². The number of Topliss-reactive ketones (excluding diaryl/α,β-unsaturated/α-hetero) is 1. The Morgan fingerprint density at radius 3 is 2.50 bits per heavy atom. The third kappa shape index (κ3) is 5.58. The number of benzene rings is 2. The topological polar surface area (TPSA) is 55.4 Å². The van der Waals surface area contributed by atoms with Crippen LogP contribution in [0.15, 0.2) is 48.5 Å². The van der Waals surface area contributed by atoms with Gasteiger partial charge >= 0.3 is 0 Å². The van der Waals surface area contributed by atoms with E-state index in [9.17, 15) is 9.59 Å². The molecule has 0 saturated carbocycles. The van der Waals surface area contributed by atoms with Crippen LogP contribution >= 0.6 is 23.4 Å². The van der Waals surface area contributed by atoms with Gasteiger partial charge in [-0.2, -0.15) is 0 Å². The molecule has 0 aliphatic heterocycles. The molecule has 1 N–H and O–H groups in total. The van der Waals surface area contributed by atoms with Crippen LogP contribution in [0.3, 0.4) is 0 Å². The van der Waals surface area contributed by atoms with Gasteiger partial charge in [0.2, 0.25) is 5.91 Å². The molecule has 0 atom stereocenters. The summed E-state index contributed by atoms with van der Waals surface area (Å²) >= 11 is 7.07. The molecule has 2 aromatic carbocycles. The third-order valence-corrected chi connectivity index (χ3v) is 4.28. The first kappa shape index (κ1) is 18.4. The van der Waals surface area contributed by atoms with E-state index in [0.29, 0.717) is 28.6 Å². The van der Waals surface area contributed by atoms with Gasteiger partial charge < -0.3 is 10.1 Å². The van der Waals surface area contributed by atoms with Gasteiger partial charge in [0.15, 0.2) is 5.78 Å². The van der Waals surface area contributed by atoms with E-state index in [4.69, 9.17) is 16.3 Å². The minimum absolute atomic E-state index is 0.0285. The van der Waals surface area contributed by atoms with Gasteiger partial charge in [0, 0.05) is 10.6 Å². The highest BCUT2D eigenvalue weighted by molar-refractivity contribution is 8.00. The van der Waals surface area contributed by atoms with Crippen molar-refractivity contribution in [3.63, 3.8) is 0 Å². The highest BCUT2D eigenvalue weighted by Gasteiger charge is 2.10. The van der Waals surface area contributed by atoms with Crippen LogP contribution in [-0.2, 0) is 4.79 Å². The van der Waals surface area contributed by atoms with Crippen molar-refractivity contribution in [3.05, 3.63) is 59.1 Å². The second-order valence-corrected chi connectivity index (χ2v) is 6.32. The monoisotopic (exact) mass is 363 g/mol. The summed E-state index contributed by atoms with van der Waals surface area (Å²) in [4.78, 5) is 24.0. The molecule has 6 heteroatoms. The molecular weight excluding hydrogens is 346 g/mol. The van der Waals surface area contributed by atoms with Gasteiger partial charge in [0.1, 0.15) is 5.75 Å². The van der Waals surface area contributed by atoms with Crippen molar-refractivity contribution in [2.24, 2.45) is 0 Å². The van der Waals surface area contributed by atoms with Crippen LogP contribution in [0.5, 0.6) is 5.75 Å². The van der Waals surface area contributed by atoms with Crippen LogP contribution in [0.2, 0.25) is 5.02 Å². The number of anilines is 1. The first-order valence-corrected chi connectivity index (χ1v) is 9.01. The highest BCUT2D eigenvalue weighted by Crippen LogP contribution is 2.23. The number of ether oxygens (including phenoxy) is 1. The first-order chi connectivity index (χ1) is 11.6. The lowest BCUT2D eigenvalue weighted by Gasteiger charge is -2.11. The van der Waals surface area contributed by atoms with Crippen LogP contribution in [-0.4, -0.2) is 29.8 Å². The smallest absolute Gasteiger partial charge is 0.234 e. The second-order valence-electron chi connectivity index (χ2n) is 4.90. The molecule has 0 fully saturated rings. The van der Waals surface area contributed by atoms with Crippen molar-refractivity contribution < 1.29 is 14.3 Å². The van der Waals surface area contributed by atoms with E-state index in [0.717, 1.165) is 0 Å². The summed E-state index contributed by atoms with van der Waals surface area (Å²) in [6.07, 6.45) is 0. The van der Waals surface area contributed by atoms with Crippen LogP contribution in [0.1, 0.15) is 17.3 Å². The summed E-state index contributed by atoms with van der Waals surface area (Å²) in [6, 6.07) is 14.0. The Bertz CT molecular complexity index is 704. The zero-order valence-electron chi connectivity index (χ0n) is 13.3. The van der Waals surface area contributed by atoms with Crippen LogP contribution in [0, 0.1) is 0 Å². The van der Waals surface area contributed by atoms with Crippen molar-refractivity contribution >= 4 is 40.7 Å². The van der Waals surface area contributed by atoms with Gasteiger partial charge in [0.25, 0.3) is 0 Å². The molecule has 126 valence electrons. The Morgan fingerprint density at radius 2 is 1.79 bits per heavy atom. The summed E-state index contributed by atoms with van der Waals surface area (Å²) in [5, 5.41) is 3.39. The SMILES string of the molecule is CCOc1ccccc1NC(=O)CSCC(=O)c1ccc(Cl)cc1. The largest absolute Gasteiger partial charge is 0.492 e. The molecule has 0 radical (unpaired) electrons. The fraction of sp³-hybridized carbons (Fsp3) is 0.222. The average Bonchev–Trinajstić information content (AvgIpc) is 2.57. The molecule has 1 amide bonds. The molecule has 0 saturated heterocycles. The summed E-state index contributed by atoms with van der Waals surface area (Å²) < 4.78 is 5.46. The second kappa shape index (κ2) is 9.35. The molecule has 0 heterocycles. The van der Waals surface area contributed by atoms with E-state index in [1.54, 1.807) is 36.4 Å². The molecule has 0 unspecified atom stereocenters. The molecule has 0 aliphatic carbocycles. The quantitative estimate of drug-likeness (QED) is 0.711. The number of para-hydroxylation sites is 2. The fourth-order valence-corrected chi connectivity index (χ4v) is 2.83.